The van der Waals surface area contributed by atoms with Gasteiger partial charge in [-0.2, -0.15) is 10.2 Å². The van der Waals surface area contributed by atoms with Gasteiger partial charge in [0.15, 0.2) is 0 Å². The maximum Gasteiger partial charge on any atom is 0.337 e. The summed E-state index contributed by atoms with van der Waals surface area (Å²) < 4.78 is 10.4. The number of nitrogens with zero attached hydrogens (tertiary/aromatic N) is 2. The van der Waals surface area contributed by atoms with Crippen LogP contribution in [0.3, 0.4) is 0 Å². The number of anilines is 3. The van der Waals surface area contributed by atoms with Crippen LogP contribution in [0.25, 0.3) is 0 Å². The summed E-state index contributed by atoms with van der Waals surface area (Å²) in [5.41, 5.74) is 7.50. The Morgan fingerprint density at radius 1 is 1.15 bits per heavy atom. The van der Waals surface area contributed by atoms with Crippen LogP contribution in [-0.2, 0) is 4.74 Å². The number of nitriles is 1. The van der Waals surface area contributed by atoms with E-state index in [0.29, 0.717) is 22.8 Å². The highest BCUT2D eigenvalue weighted by molar-refractivity contribution is 5.89. The van der Waals surface area contributed by atoms with E-state index in [1.54, 1.807) is 42.5 Å². The second kappa shape index (κ2) is 7.89. The van der Waals surface area contributed by atoms with Crippen molar-refractivity contribution in [2.24, 2.45) is 0 Å². The van der Waals surface area contributed by atoms with Crippen LogP contribution in [0.4, 0.5) is 17.2 Å². The van der Waals surface area contributed by atoms with Crippen molar-refractivity contribution in [2.45, 2.75) is 0 Å². The van der Waals surface area contributed by atoms with Gasteiger partial charge in [0.25, 0.3) is 0 Å². The molecule has 0 unspecified atom stereocenters. The molecule has 0 aliphatic carbocycles. The predicted octanol–water partition coefficient (Wildman–Crippen LogP) is 3.86. The van der Waals surface area contributed by atoms with Crippen LogP contribution >= 0.6 is 0 Å². The number of nitrogen functional groups attached to an aromatic ring is 1. The zero-order valence-corrected chi connectivity index (χ0v) is 14.5. The molecule has 0 spiro atoms. The molecule has 134 valence electrons. The molecular formula is C20H16N4O3. The van der Waals surface area contributed by atoms with Crippen molar-refractivity contribution >= 4 is 23.2 Å². The van der Waals surface area contributed by atoms with Crippen LogP contribution in [0.15, 0.2) is 60.7 Å². The molecule has 0 atom stereocenters. The number of benzene rings is 2. The minimum absolute atomic E-state index is 0.109. The highest BCUT2D eigenvalue weighted by Crippen LogP contribution is 2.30. The van der Waals surface area contributed by atoms with Crippen LogP contribution in [0.5, 0.6) is 11.6 Å². The molecule has 27 heavy (non-hydrogen) atoms. The molecule has 1 heterocycles. The van der Waals surface area contributed by atoms with Crippen molar-refractivity contribution in [3.8, 4) is 17.7 Å². The summed E-state index contributed by atoms with van der Waals surface area (Å²) in [7, 11) is 1.33. The topological polar surface area (TPSA) is 110 Å². The van der Waals surface area contributed by atoms with Gasteiger partial charge < -0.3 is 20.5 Å². The smallest absolute Gasteiger partial charge is 0.337 e. The second-order valence-electron chi connectivity index (χ2n) is 5.50. The van der Waals surface area contributed by atoms with Crippen molar-refractivity contribution in [3.05, 3.63) is 71.8 Å². The van der Waals surface area contributed by atoms with Gasteiger partial charge in [-0.3, -0.25) is 0 Å². The maximum atomic E-state index is 11.5. The number of para-hydroxylation sites is 1. The minimum atomic E-state index is -0.416. The van der Waals surface area contributed by atoms with Gasteiger partial charge in [-0.25, -0.2) is 4.79 Å². The van der Waals surface area contributed by atoms with Gasteiger partial charge in [0, 0.05) is 11.8 Å². The number of hydrogen-bond donors (Lipinski definition) is 2. The zero-order chi connectivity index (χ0) is 19.2. The molecule has 0 aliphatic heterocycles. The fourth-order valence-corrected chi connectivity index (χ4v) is 2.35. The molecule has 0 saturated carbocycles. The SMILES string of the molecule is COC(=O)c1ccc(Nc2cc(N)c(C#N)c(Oc3ccccc3)n2)cc1. The van der Waals surface area contributed by atoms with Gasteiger partial charge >= 0.3 is 5.97 Å². The number of esters is 1. The molecule has 3 rings (SSSR count). The Kier molecular flexibility index (Phi) is 5.19. The molecule has 0 aliphatic rings. The van der Waals surface area contributed by atoms with Gasteiger partial charge in [0.1, 0.15) is 23.2 Å². The number of ether oxygens (including phenoxy) is 2. The van der Waals surface area contributed by atoms with Crippen molar-refractivity contribution < 1.29 is 14.3 Å². The van der Waals surface area contributed by atoms with Crippen molar-refractivity contribution in [1.29, 1.82) is 5.26 Å². The Hall–Kier alpha value is -4.05. The highest BCUT2D eigenvalue weighted by atomic mass is 16.5. The van der Waals surface area contributed by atoms with Crippen LogP contribution in [-0.4, -0.2) is 18.1 Å². The van der Waals surface area contributed by atoms with Gasteiger partial charge in [-0.1, -0.05) is 18.2 Å². The molecule has 7 nitrogen and oxygen atoms in total. The molecule has 0 saturated heterocycles. The largest absolute Gasteiger partial charge is 0.465 e. The molecule has 0 fully saturated rings. The van der Waals surface area contributed by atoms with Crippen LogP contribution < -0.4 is 15.8 Å². The number of methoxy groups -OCH3 is 1. The molecule has 1 aromatic heterocycles. The van der Waals surface area contributed by atoms with Crippen LogP contribution in [0.1, 0.15) is 15.9 Å². The number of nitrogens with one attached hydrogen (secondary N) is 1. The van der Waals surface area contributed by atoms with E-state index in [0.717, 1.165) is 0 Å². The summed E-state index contributed by atoms with van der Waals surface area (Å²) in [6.45, 7) is 0. The van der Waals surface area contributed by atoms with Crippen LogP contribution in [0, 0.1) is 11.3 Å². The summed E-state index contributed by atoms with van der Waals surface area (Å²) in [4.78, 5) is 15.8. The number of rotatable bonds is 5. The van der Waals surface area contributed by atoms with E-state index in [1.807, 2.05) is 24.3 Å². The van der Waals surface area contributed by atoms with Gasteiger partial charge in [-0.05, 0) is 36.4 Å². The van der Waals surface area contributed by atoms with E-state index >= 15 is 0 Å². The monoisotopic (exact) mass is 360 g/mol. The normalized spacial score (nSPS) is 9.93. The number of hydrogen-bond acceptors (Lipinski definition) is 7. The lowest BCUT2D eigenvalue weighted by Crippen LogP contribution is -2.03. The molecular weight excluding hydrogens is 344 g/mol. The number of pyridine rings is 1. The number of carbonyl (C=O) groups excluding carboxylic acids is 1. The van der Waals surface area contributed by atoms with E-state index in [2.05, 4.69) is 15.0 Å². The Balaban J connectivity index is 1.88. The summed E-state index contributed by atoms with van der Waals surface area (Å²) in [6.07, 6.45) is 0. The van der Waals surface area contributed by atoms with Gasteiger partial charge in [-0.15, -0.1) is 0 Å². The van der Waals surface area contributed by atoms with Crippen molar-refractivity contribution in [1.82, 2.24) is 4.98 Å². The third-order valence-corrected chi connectivity index (χ3v) is 3.66. The van der Waals surface area contributed by atoms with E-state index in [-0.39, 0.29) is 17.1 Å². The number of aromatic nitrogens is 1. The minimum Gasteiger partial charge on any atom is -0.465 e. The molecule has 7 heteroatoms. The van der Waals surface area contributed by atoms with Crippen molar-refractivity contribution in [2.75, 3.05) is 18.2 Å². The third-order valence-electron chi connectivity index (χ3n) is 3.66. The predicted molar refractivity (Wildman–Crippen MR) is 101 cm³/mol. The Bertz CT molecular complexity index is 996. The standard InChI is InChI=1S/C20H16N4O3/c1-26-20(25)13-7-9-14(10-8-13)23-18-11-17(22)16(12-21)19(24-18)27-15-5-3-2-4-6-15/h2-11H,1H3,(H3,22,23,24). The highest BCUT2D eigenvalue weighted by Gasteiger charge is 2.13. The Labute approximate surface area is 156 Å². The van der Waals surface area contributed by atoms with E-state index in [1.165, 1.54) is 7.11 Å². The quantitative estimate of drug-likeness (QED) is 0.665. The lowest BCUT2D eigenvalue weighted by atomic mass is 10.2. The van der Waals surface area contributed by atoms with Gasteiger partial charge in [0.05, 0.1) is 18.4 Å². The summed E-state index contributed by atoms with van der Waals surface area (Å²) in [5, 5.41) is 12.4. The molecule has 3 N–H and O–H groups in total. The van der Waals surface area contributed by atoms with E-state index in [9.17, 15) is 10.1 Å². The first-order valence-corrected chi connectivity index (χ1v) is 7.99. The first-order valence-electron chi connectivity index (χ1n) is 7.99. The number of nitrogens with two attached hydrogens (primary N) is 1. The molecule has 0 amide bonds. The van der Waals surface area contributed by atoms with Gasteiger partial charge in [0.2, 0.25) is 5.88 Å². The van der Waals surface area contributed by atoms with Crippen molar-refractivity contribution in [3.63, 3.8) is 0 Å². The lowest BCUT2D eigenvalue weighted by Gasteiger charge is -2.12. The van der Waals surface area contributed by atoms with Crippen LogP contribution in [0.2, 0.25) is 0 Å². The molecule has 0 radical (unpaired) electrons. The lowest BCUT2D eigenvalue weighted by molar-refractivity contribution is 0.0601. The molecule has 0 bridgehead atoms. The zero-order valence-electron chi connectivity index (χ0n) is 14.5. The second-order valence-corrected chi connectivity index (χ2v) is 5.50. The first kappa shape index (κ1) is 17.8. The average Bonchev–Trinajstić information content (AvgIpc) is 2.69. The summed E-state index contributed by atoms with van der Waals surface area (Å²) in [6, 6.07) is 19.2. The average molecular weight is 360 g/mol. The summed E-state index contributed by atoms with van der Waals surface area (Å²) in [5.74, 6) is 0.641. The first-order chi connectivity index (χ1) is 13.1. The molecule has 3 aromatic rings. The van der Waals surface area contributed by atoms with E-state index in [4.69, 9.17) is 10.5 Å². The van der Waals surface area contributed by atoms with E-state index < -0.39 is 5.97 Å². The summed E-state index contributed by atoms with van der Waals surface area (Å²) >= 11 is 0. The number of carbonyl (C=O) groups is 1. The fraction of sp³-hybridized carbons (Fsp3) is 0.0500. The Morgan fingerprint density at radius 3 is 2.48 bits per heavy atom. The Morgan fingerprint density at radius 2 is 1.85 bits per heavy atom. The fourth-order valence-electron chi connectivity index (χ4n) is 2.35. The maximum absolute atomic E-state index is 11.5. The molecule has 2 aromatic carbocycles. The third kappa shape index (κ3) is 4.14.